The number of rotatable bonds is 6. The molecule has 3 N–H and O–H groups in total. The van der Waals surface area contributed by atoms with Crippen LogP contribution >= 0.6 is 11.3 Å². The summed E-state index contributed by atoms with van der Waals surface area (Å²) in [6.45, 7) is 9.57. The lowest BCUT2D eigenvalue weighted by atomic mass is 9.82. The van der Waals surface area contributed by atoms with Gasteiger partial charge in [0.15, 0.2) is 5.69 Å². The van der Waals surface area contributed by atoms with Crippen LogP contribution in [-0.4, -0.2) is 35.2 Å². The molecule has 0 aliphatic rings. The zero-order valence-electron chi connectivity index (χ0n) is 12.9. The molecule has 1 aromatic rings. The Morgan fingerprint density at radius 1 is 1.38 bits per heavy atom. The number of thiazole rings is 1. The van der Waals surface area contributed by atoms with Crippen LogP contribution in [0.4, 0.5) is 4.79 Å². The molecule has 0 aromatic carbocycles. The molecule has 7 heteroatoms. The van der Waals surface area contributed by atoms with Crippen LogP contribution in [0.1, 0.15) is 43.2 Å². The number of hydrogen-bond donors (Lipinski definition) is 3. The monoisotopic (exact) mass is 313 g/mol. The maximum atomic E-state index is 11.6. The summed E-state index contributed by atoms with van der Waals surface area (Å²) in [6.07, 6.45) is 0.528. The number of nitrogens with one attached hydrogen (secondary N) is 2. The average Bonchev–Trinajstić information content (AvgIpc) is 2.83. The van der Waals surface area contributed by atoms with Gasteiger partial charge >= 0.3 is 12.0 Å². The fourth-order valence-electron chi connectivity index (χ4n) is 1.42. The fraction of sp³-hybridized carbons (Fsp3) is 0.643. The van der Waals surface area contributed by atoms with Crippen LogP contribution in [0.5, 0.6) is 0 Å². The van der Waals surface area contributed by atoms with Gasteiger partial charge in [0.1, 0.15) is 0 Å². The van der Waals surface area contributed by atoms with E-state index < -0.39 is 5.97 Å². The Balaban J connectivity index is 2.25. The third-order valence-electron chi connectivity index (χ3n) is 3.44. The molecule has 1 atom stereocenters. The molecule has 0 saturated heterocycles. The molecular weight excluding hydrogens is 290 g/mol. The molecule has 21 heavy (non-hydrogen) atoms. The van der Waals surface area contributed by atoms with E-state index in [2.05, 4.69) is 43.3 Å². The molecular formula is C14H23N3O3S. The van der Waals surface area contributed by atoms with Crippen molar-refractivity contribution in [3.63, 3.8) is 0 Å². The molecule has 118 valence electrons. The predicted molar refractivity (Wildman–Crippen MR) is 82.8 cm³/mol. The molecule has 0 aliphatic carbocycles. The van der Waals surface area contributed by atoms with Gasteiger partial charge in [-0.15, -0.1) is 11.3 Å². The number of carboxylic acids is 1. The van der Waals surface area contributed by atoms with E-state index in [4.69, 9.17) is 5.11 Å². The average molecular weight is 313 g/mol. The number of carbonyl (C=O) groups is 2. The van der Waals surface area contributed by atoms with Gasteiger partial charge in [-0.05, 0) is 11.3 Å². The predicted octanol–water partition coefficient (Wildman–Crippen LogP) is 2.37. The molecule has 1 heterocycles. The van der Waals surface area contributed by atoms with Gasteiger partial charge in [0, 0.05) is 24.9 Å². The third kappa shape index (κ3) is 6.12. The Kier molecular flexibility index (Phi) is 6.14. The summed E-state index contributed by atoms with van der Waals surface area (Å²) in [7, 11) is 0. The van der Waals surface area contributed by atoms with Crippen LogP contribution in [0.15, 0.2) is 5.38 Å². The van der Waals surface area contributed by atoms with Crippen molar-refractivity contribution in [3.8, 4) is 0 Å². The van der Waals surface area contributed by atoms with E-state index in [1.54, 1.807) is 0 Å². The highest BCUT2D eigenvalue weighted by atomic mass is 32.1. The van der Waals surface area contributed by atoms with E-state index in [0.717, 1.165) is 0 Å². The molecule has 2 amide bonds. The van der Waals surface area contributed by atoms with Gasteiger partial charge in [0.2, 0.25) is 0 Å². The Bertz CT molecular complexity index is 494. The van der Waals surface area contributed by atoms with Crippen molar-refractivity contribution in [1.82, 2.24) is 15.6 Å². The van der Waals surface area contributed by atoms with Crippen LogP contribution in [0, 0.1) is 11.3 Å². The lowest BCUT2D eigenvalue weighted by Crippen LogP contribution is -2.40. The molecule has 0 radical (unpaired) electrons. The molecule has 0 saturated carbocycles. The molecule has 1 unspecified atom stereocenters. The van der Waals surface area contributed by atoms with E-state index in [1.807, 2.05) is 0 Å². The lowest BCUT2D eigenvalue weighted by molar-refractivity contribution is 0.0691. The summed E-state index contributed by atoms with van der Waals surface area (Å²) < 4.78 is 0. The number of amides is 2. The van der Waals surface area contributed by atoms with Crippen molar-refractivity contribution in [2.45, 2.75) is 34.1 Å². The number of aromatic carboxylic acids is 1. The number of hydrogen-bond acceptors (Lipinski definition) is 4. The summed E-state index contributed by atoms with van der Waals surface area (Å²) >= 11 is 1.29. The molecule has 0 aliphatic heterocycles. The van der Waals surface area contributed by atoms with Gasteiger partial charge in [-0.3, -0.25) is 0 Å². The van der Waals surface area contributed by atoms with Crippen LogP contribution in [0.3, 0.4) is 0 Å². The zero-order valence-corrected chi connectivity index (χ0v) is 13.7. The van der Waals surface area contributed by atoms with Gasteiger partial charge < -0.3 is 15.7 Å². The van der Waals surface area contributed by atoms with Crippen molar-refractivity contribution in [2.24, 2.45) is 11.3 Å². The quantitative estimate of drug-likeness (QED) is 0.752. The molecule has 6 nitrogen and oxygen atoms in total. The molecule has 1 rings (SSSR count). The van der Waals surface area contributed by atoms with E-state index >= 15 is 0 Å². The number of nitrogens with zero attached hydrogens (tertiary/aromatic N) is 1. The van der Waals surface area contributed by atoms with E-state index in [0.29, 0.717) is 30.4 Å². The number of urea groups is 1. The van der Waals surface area contributed by atoms with Crippen LogP contribution < -0.4 is 10.6 Å². The maximum Gasteiger partial charge on any atom is 0.355 e. The Morgan fingerprint density at radius 2 is 2.05 bits per heavy atom. The second-order valence-electron chi connectivity index (χ2n) is 6.09. The SMILES string of the molecule is CC(CNC(=O)NCCc1nc(C(=O)O)cs1)C(C)(C)C. The van der Waals surface area contributed by atoms with Crippen molar-refractivity contribution in [3.05, 3.63) is 16.1 Å². The van der Waals surface area contributed by atoms with Crippen molar-refractivity contribution >= 4 is 23.3 Å². The van der Waals surface area contributed by atoms with Gasteiger partial charge in [0.25, 0.3) is 0 Å². The van der Waals surface area contributed by atoms with Crippen molar-refractivity contribution < 1.29 is 14.7 Å². The van der Waals surface area contributed by atoms with E-state index in [1.165, 1.54) is 16.7 Å². The standard InChI is InChI=1S/C14H23N3O3S/c1-9(14(2,3)4)7-16-13(20)15-6-5-11-17-10(8-21-11)12(18)19/h8-9H,5-7H2,1-4H3,(H,18,19)(H2,15,16,20). The van der Waals surface area contributed by atoms with Crippen LogP contribution in [0.2, 0.25) is 0 Å². The first-order chi connectivity index (χ1) is 9.70. The third-order valence-corrected chi connectivity index (χ3v) is 4.35. The summed E-state index contributed by atoms with van der Waals surface area (Å²) in [5.74, 6) is -0.653. The highest BCUT2D eigenvalue weighted by Gasteiger charge is 2.20. The van der Waals surface area contributed by atoms with Gasteiger partial charge in [0.05, 0.1) is 5.01 Å². The van der Waals surface area contributed by atoms with Crippen LogP contribution in [-0.2, 0) is 6.42 Å². The smallest absolute Gasteiger partial charge is 0.355 e. The lowest BCUT2D eigenvalue weighted by Gasteiger charge is -2.27. The highest BCUT2D eigenvalue weighted by molar-refractivity contribution is 7.09. The highest BCUT2D eigenvalue weighted by Crippen LogP contribution is 2.24. The first-order valence-corrected chi connectivity index (χ1v) is 7.77. The number of aromatic nitrogens is 1. The van der Waals surface area contributed by atoms with Gasteiger partial charge in [-0.1, -0.05) is 27.7 Å². The zero-order chi connectivity index (χ0) is 16.0. The number of carbonyl (C=O) groups excluding carboxylic acids is 1. The minimum atomic E-state index is -1.03. The second-order valence-corrected chi connectivity index (χ2v) is 7.03. The van der Waals surface area contributed by atoms with E-state index in [-0.39, 0.29) is 17.1 Å². The topological polar surface area (TPSA) is 91.3 Å². The Labute approximate surface area is 129 Å². The molecule has 0 bridgehead atoms. The molecule has 0 spiro atoms. The van der Waals surface area contributed by atoms with Crippen molar-refractivity contribution in [2.75, 3.05) is 13.1 Å². The Hall–Kier alpha value is -1.63. The summed E-state index contributed by atoms with van der Waals surface area (Å²) in [5, 5.41) is 16.6. The first kappa shape index (κ1) is 17.4. The van der Waals surface area contributed by atoms with E-state index in [9.17, 15) is 9.59 Å². The fourth-order valence-corrected chi connectivity index (χ4v) is 2.19. The van der Waals surface area contributed by atoms with Crippen molar-refractivity contribution in [1.29, 1.82) is 0 Å². The first-order valence-electron chi connectivity index (χ1n) is 6.89. The molecule has 1 aromatic heterocycles. The van der Waals surface area contributed by atoms with Gasteiger partial charge in [-0.25, -0.2) is 14.6 Å². The second kappa shape index (κ2) is 7.40. The van der Waals surface area contributed by atoms with Gasteiger partial charge in [-0.2, -0.15) is 0 Å². The normalized spacial score (nSPS) is 12.8. The summed E-state index contributed by atoms with van der Waals surface area (Å²) in [4.78, 5) is 26.3. The Morgan fingerprint density at radius 3 is 2.57 bits per heavy atom. The number of carboxylic acid groups (broad SMARTS) is 1. The summed E-state index contributed by atoms with van der Waals surface area (Å²) in [6, 6.07) is -0.207. The summed E-state index contributed by atoms with van der Waals surface area (Å²) in [5.41, 5.74) is 0.208. The maximum absolute atomic E-state index is 11.6. The molecule has 0 fully saturated rings. The van der Waals surface area contributed by atoms with Crippen LogP contribution in [0.25, 0.3) is 0 Å². The minimum Gasteiger partial charge on any atom is -0.476 e. The minimum absolute atomic E-state index is 0.0541. The largest absolute Gasteiger partial charge is 0.476 e.